The number of sulfone groups is 1. The Morgan fingerprint density at radius 2 is 1.57 bits per heavy atom. The summed E-state index contributed by atoms with van der Waals surface area (Å²) in [5, 5.41) is 0. The van der Waals surface area contributed by atoms with Crippen LogP contribution in [0.15, 0.2) is 0 Å². The molecule has 1 saturated heterocycles. The molecule has 0 atom stereocenters. The van der Waals surface area contributed by atoms with Crippen LogP contribution in [-0.4, -0.2) is 87.0 Å². The molecule has 2 fully saturated rings. The van der Waals surface area contributed by atoms with Gasteiger partial charge in [-0.2, -0.15) is 17.0 Å². The minimum absolute atomic E-state index is 0.0348. The van der Waals surface area contributed by atoms with Crippen LogP contribution in [0.2, 0.25) is 0 Å². The van der Waals surface area contributed by atoms with Crippen molar-refractivity contribution in [3.05, 3.63) is 0 Å². The highest BCUT2D eigenvalue weighted by Gasteiger charge is 2.35. The Labute approximate surface area is 170 Å². The molecular formula is C18H35N3O5S2. The molecule has 0 aromatic heterocycles. The molecule has 164 valence electrons. The normalized spacial score (nSPS) is 20.6. The molecule has 1 saturated carbocycles. The number of hydrogen-bond acceptors (Lipinski definition) is 5. The molecule has 28 heavy (non-hydrogen) atoms. The highest BCUT2D eigenvalue weighted by molar-refractivity contribution is 7.92. The lowest BCUT2D eigenvalue weighted by atomic mass is 9.96. The van der Waals surface area contributed by atoms with Crippen molar-refractivity contribution >= 4 is 26.0 Å². The molecular weight excluding hydrogens is 402 g/mol. The minimum Gasteiger partial charge on any atom is -0.339 e. The second-order valence-corrected chi connectivity index (χ2v) is 12.1. The van der Waals surface area contributed by atoms with E-state index in [-0.39, 0.29) is 38.0 Å². The number of carbonyl (C=O) groups is 1. The summed E-state index contributed by atoms with van der Waals surface area (Å²) in [7, 11) is -5.31. The van der Waals surface area contributed by atoms with Crippen LogP contribution in [0.5, 0.6) is 0 Å². The number of amides is 1. The molecule has 0 unspecified atom stereocenters. The number of nitrogens with zero attached hydrogens (tertiary/aromatic N) is 3. The molecule has 0 radical (unpaired) electrons. The molecule has 0 bridgehead atoms. The summed E-state index contributed by atoms with van der Waals surface area (Å²) < 4.78 is 52.9. The standard InChI is InChI=1S/C18H35N3O5S2/c1-3-4-8-15-27(23,24)16-18(22)20-11-13-21(14-12-20)28(25,26)19(2)17-9-6-5-7-10-17/h17H,3-16H2,1-2H3. The van der Waals surface area contributed by atoms with Crippen LogP contribution in [0.25, 0.3) is 0 Å². The van der Waals surface area contributed by atoms with Gasteiger partial charge in [0.05, 0.1) is 5.75 Å². The van der Waals surface area contributed by atoms with E-state index in [9.17, 15) is 21.6 Å². The molecule has 1 aliphatic heterocycles. The van der Waals surface area contributed by atoms with Gasteiger partial charge in [0.25, 0.3) is 10.2 Å². The lowest BCUT2D eigenvalue weighted by Gasteiger charge is -2.38. The second-order valence-electron chi connectivity index (χ2n) is 7.89. The van der Waals surface area contributed by atoms with E-state index < -0.39 is 31.7 Å². The van der Waals surface area contributed by atoms with E-state index in [4.69, 9.17) is 0 Å². The molecule has 0 spiro atoms. The SMILES string of the molecule is CCCCCS(=O)(=O)CC(=O)N1CCN(S(=O)(=O)N(C)C2CCCCC2)CC1. The lowest BCUT2D eigenvalue weighted by molar-refractivity contribution is -0.129. The van der Waals surface area contributed by atoms with Crippen LogP contribution in [0.3, 0.4) is 0 Å². The Morgan fingerprint density at radius 3 is 2.14 bits per heavy atom. The molecule has 1 amide bonds. The zero-order valence-corrected chi connectivity index (χ0v) is 18.8. The molecule has 10 heteroatoms. The van der Waals surface area contributed by atoms with Gasteiger partial charge in [0.1, 0.15) is 5.75 Å². The van der Waals surface area contributed by atoms with Crippen molar-refractivity contribution < 1.29 is 21.6 Å². The van der Waals surface area contributed by atoms with Crippen molar-refractivity contribution in [1.82, 2.24) is 13.5 Å². The summed E-state index contributed by atoms with van der Waals surface area (Å²) in [5.74, 6) is -0.868. The highest BCUT2D eigenvalue weighted by atomic mass is 32.2. The van der Waals surface area contributed by atoms with Crippen LogP contribution in [0.4, 0.5) is 0 Å². The molecule has 1 aliphatic carbocycles. The molecule has 2 aliphatic rings. The largest absolute Gasteiger partial charge is 0.339 e. The van der Waals surface area contributed by atoms with Gasteiger partial charge >= 0.3 is 0 Å². The minimum atomic E-state index is -3.55. The summed E-state index contributed by atoms with van der Waals surface area (Å²) in [5.41, 5.74) is 0. The average Bonchev–Trinajstić information content (AvgIpc) is 2.68. The third kappa shape index (κ3) is 6.40. The zero-order valence-electron chi connectivity index (χ0n) is 17.2. The van der Waals surface area contributed by atoms with Crippen molar-refractivity contribution in [3.8, 4) is 0 Å². The molecule has 2 rings (SSSR count). The average molecular weight is 438 g/mol. The van der Waals surface area contributed by atoms with E-state index in [0.717, 1.165) is 44.9 Å². The zero-order chi connectivity index (χ0) is 20.8. The topological polar surface area (TPSA) is 95.1 Å². The van der Waals surface area contributed by atoms with E-state index in [0.29, 0.717) is 6.42 Å². The summed E-state index contributed by atoms with van der Waals surface area (Å²) in [6, 6.07) is 0.0478. The van der Waals surface area contributed by atoms with Crippen molar-refractivity contribution in [3.63, 3.8) is 0 Å². The van der Waals surface area contributed by atoms with Crippen molar-refractivity contribution in [2.75, 3.05) is 44.7 Å². The first kappa shape index (κ1) is 23.6. The smallest absolute Gasteiger partial charge is 0.282 e. The van der Waals surface area contributed by atoms with Gasteiger partial charge in [-0.25, -0.2) is 8.42 Å². The fraction of sp³-hybridized carbons (Fsp3) is 0.944. The molecule has 0 N–H and O–H groups in total. The summed E-state index contributed by atoms with van der Waals surface area (Å²) in [6.07, 6.45) is 7.39. The number of carbonyl (C=O) groups excluding carboxylic acids is 1. The number of unbranched alkanes of at least 4 members (excludes halogenated alkanes) is 2. The Hall–Kier alpha value is -0.710. The highest BCUT2D eigenvalue weighted by Crippen LogP contribution is 2.25. The van der Waals surface area contributed by atoms with E-state index in [1.54, 1.807) is 7.05 Å². The molecule has 0 aromatic carbocycles. The summed E-state index contributed by atoms with van der Waals surface area (Å²) in [6.45, 7) is 2.89. The molecule has 0 aromatic rings. The third-order valence-electron chi connectivity index (χ3n) is 5.77. The van der Waals surface area contributed by atoms with Crippen molar-refractivity contribution in [1.29, 1.82) is 0 Å². The van der Waals surface area contributed by atoms with Gasteiger partial charge in [0, 0.05) is 39.3 Å². The van der Waals surface area contributed by atoms with Crippen molar-refractivity contribution in [2.24, 2.45) is 0 Å². The Kier molecular flexibility index (Phi) is 8.72. The van der Waals surface area contributed by atoms with Crippen LogP contribution < -0.4 is 0 Å². The maximum absolute atomic E-state index is 12.9. The number of rotatable bonds is 9. The second kappa shape index (κ2) is 10.4. The summed E-state index contributed by atoms with van der Waals surface area (Å²) >= 11 is 0. The predicted molar refractivity (Wildman–Crippen MR) is 110 cm³/mol. The van der Waals surface area contributed by atoms with E-state index in [1.807, 2.05) is 6.92 Å². The van der Waals surface area contributed by atoms with Crippen LogP contribution in [0, 0.1) is 0 Å². The van der Waals surface area contributed by atoms with Gasteiger partial charge in [0.15, 0.2) is 9.84 Å². The first-order valence-corrected chi connectivity index (χ1v) is 13.6. The van der Waals surface area contributed by atoms with E-state index in [2.05, 4.69) is 0 Å². The Bertz CT molecular complexity index is 710. The lowest BCUT2D eigenvalue weighted by Crippen LogP contribution is -2.55. The summed E-state index contributed by atoms with van der Waals surface area (Å²) in [4.78, 5) is 13.8. The Morgan fingerprint density at radius 1 is 0.964 bits per heavy atom. The van der Waals surface area contributed by atoms with Crippen LogP contribution >= 0.6 is 0 Å². The maximum atomic E-state index is 12.9. The van der Waals surface area contributed by atoms with Gasteiger partial charge in [0.2, 0.25) is 5.91 Å². The van der Waals surface area contributed by atoms with Crippen LogP contribution in [-0.2, 0) is 24.8 Å². The number of piperazine rings is 1. The van der Waals surface area contributed by atoms with Crippen molar-refractivity contribution in [2.45, 2.75) is 64.3 Å². The Balaban J connectivity index is 1.86. The van der Waals surface area contributed by atoms with Gasteiger partial charge in [-0.1, -0.05) is 39.0 Å². The molecule has 1 heterocycles. The fourth-order valence-corrected chi connectivity index (χ4v) is 6.83. The maximum Gasteiger partial charge on any atom is 0.282 e. The first-order valence-electron chi connectivity index (χ1n) is 10.4. The van der Waals surface area contributed by atoms with Gasteiger partial charge in [-0.15, -0.1) is 0 Å². The quantitative estimate of drug-likeness (QED) is 0.506. The van der Waals surface area contributed by atoms with Gasteiger partial charge < -0.3 is 4.90 Å². The van der Waals surface area contributed by atoms with Gasteiger partial charge in [-0.05, 0) is 19.3 Å². The van der Waals surface area contributed by atoms with E-state index >= 15 is 0 Å². The van der Waals surface area contributed by atoms with E-state index in [1.165, 1.54) is 13.5 Å². The van der Waals surface area contributed by atoms with Gasteiger partial charge in [-0.3, -0.25) is 4.79 Å². The third-order valence-corrected chi connectivity index (χ3v) is 9.41. The monoisotopic (exact) mass is 437 g/mol. The first-order chi connectivity index (χ1) is 13.2. The van der Waals surface area contributed by atoms with Crippen LogP contribution in [0.1, 0.15) is 58.3 Å². The fourth-order valence-electron chi connectivity index (χ4n) is 3.91. The number of hydrogen-bond donors (Lipinski definition) is 0. The predicted octanol–water partition coefficient (Wildman–Crippen LogP) is 1.24. The molecule has 8 nitrogen and oxygen atoms in total.